The summed E-state index contributed by atoms with van der Waals surface area (Å²) in [6.45, 7) is 0.0725. The minimum absolute atomic E-state index is 0.0725. The van der Waals surface area contributed by atoms with Crippen molar-refractivity contribution in [1.29, 1.82) is 0 Å². The lowest BCUT2D eigenvalue weighted by Gasteiger charge is -2.04. The van der Waals surface area contributed by atoms with Crippen molar-refractivity contribution in [3.63, 3.8) is 0 Å². The van der Waals surface area contributed by atoms with E-state index in [9.17, 15) is 5.11 Å². The van der Waals surface area contributed by atoms with Crippen molar-refractivity contribution < 1.29 is 14.9 Å². The highest BCUT2D eigenvalue weighted by Crippen LogP contribution is 2.28. The molecule has 0 saturated carbocycles. The lowest BCUT2D eigenvalue weighted by molar-refractivity contribution is 0.272. The summed E-state index contributed by atoms with van der Waals surface area (Å²) in [5, 5.41) is 16.4. The third-order valence-corrected chi connectivity index (χ3v) is 1.49. The van der Waals surface area contributed by atoms with E-state index in [1.165, 1.54) is 7.11 Å². The molecular formula is C8H11O3+. The van der Waals surface area contributed by atoms with Crippen LogP contribution in [0, 0.1) is 0 Å². The molecule has 60 valence electrons. The van der Waals surface area contributed by atoms with Crippen LogP contribution >= 0.6 is 0 Å². The number of ether oxygens (including phenoxy) is 1. The molecule has 0 unspecified atom stereocenters. The van der Waals surface area contributed by atoms with E-state index in [0.717, 1.165) is 0 Å². The van der Waals surface area contributed by atoms with Gasteiger partial charge in [0.2, 0.25) is 0 Å². The maximum atomic E-state index is 9.34. The van der Waals surface area contributed by atoms with Crippen LogP contribution < -0.4 is 4.74 Å². The van der Waals surface area contributed by atoms with Gasteiger partial charge >= 0.3 is 0 Å². The Labute approximate surface area is 64.9 Å². The van der Waals surface area contributed by atoms with Crippen molar-refractivity contribution in [2.24, 2.45) is 0 Å². The van der Waals surface area contributed by atoms with Gasteiger partial charge < -0.3 is 14.9 Å². The van der Waals surface area contributed by atoms with Gasteiger partial charge in [-0.1, -0.05) is 6.07 Å². The average Bonchev–Trinajstić information content (AvgIpc) is 2.05. The molecule has 3 heteroatoms. The summed E-state index contributed by atoms with van der Waals surface area (Å²) in [4.78, 5) is 0. The quantitative estimate of drug-likeness (QED) is 0.637. The minimum atomic E-state index is 0.0725. The van der Waals surface area contributed by atoms with E-state index >= 15 is 0 Å². The average molecular weight is 155 g/mol. The van der Waals surface area contributed by atoms with E-state index in [1.54, 1.807) is 18.2 Å². The van der Waals surface area contributed by atoms with Crippen LogP contribution in [0.4, 0.5) is 0 Å². The van der Waals surface area contributed by atoms with Crippen LogP contribution in [0.15, 0.2) is 18.2 Å². The Morgan fingerprint density at radius 2 is 2.27 bits per heavy atom. The number of hydrogen-bond donors (Lipinski definition) is 1. The number of phenolic OH excluding ortho intramolecular Hbond substituents is 1. The molecule has 0 heterocycles. The van der Waals surface area contributed by atoms with Crippen LogP contribution in [0.3, 0.4) is 0 Å². The zero-order valence-corrected chi connectivity index (χ0v) is 6.29. The van der Waals surface area contributed by atoms with Crippen LogP contribution in [0.1, 0.15) is 5.56 Å². The van der Waals surface area contributed by atoms with Crippen molar-refractivity contribution >= 4 is 0 Å². The fraction of sp³-hybridized carbons (Fsp3) is 0.250. The van der Waals surface area contributed by atoms with Crippen molar-refractivity contribution in [2.45, 2.75) is 6.61 Å². The second-order valence-electron chi connectivity index (χ2n) is 2.14. The number of para-hydroxylation sites is 1. The van der Waals surface area contributed by atoms with Gasteiger partial charge in [0.05, 0.1) is 12.7 Å². The predicted octanol–water partition coefficient (Wildman–Crippen LogP) is 0.625. The minimum Gasteiger partial charge on any atom is -0.504 e. The molecule has 0 aromatic heterocycles. The molecule has 0 radical (unpaired) electrons. The summed E-state index contributed by atoms with van der Waals surface area (Å²) in [5.74, 6) is 0.500. The normalized spacial score (nSPS) is 9.64. The van der Waals surface area contributed by atoms with Crippen molar-refractivity contribution in [2.75, 3.05) is 7.11 Å². The topological polar surface area (TPSA) is 52.4 Å². The van der Waals surface area contributed by atoms with Gasteiger partial charge in [0.1, 0.15) is 0 Å². The second kappa shape index (κ2) is 3.25. The highest BCUT2D eigenvalue weighted by atomic mass is 16.5. The molecular weight excluding hydrogens is 144 g/mol. The van der Waals surface area contributed by atoms with Gasteiger partial charge in [-0.3, -0.25) is 0 Å². The summed E-state index contributed by atoms with van der Waals surface area (Å²) < 4.78 is 4.85. The Bertz CT molecular complexity index is 223. The predicted molar refractivity (Wildman–Crippen MR) is 42.0 cm³/mol. The first-order valence-electron chi connectivity index (χ1n) is 3.29. The Balaban J connectivity index is 3.10. The molecule has 0 spiro atoms. The molecule has 0 aliphatic heterocycles. The van der Waals surface area contributed by atoms with Gasteiger partial charge in [-0.15, -0.1) is 0 Å². The maximum absolute atomic E-state index is 9.34. The summed E-state index contributed by atoms with van der Waals surface area (Å²) in [7, 11) is 1.49. The Morgan fingerprint density at radius 3 is 2.82 bits per heavy atom. The van der Waals surface area contributed by atoms with Crippen molar-refractivity contribution in [3.8, 4) is 11.5 Å². The van der Waals surface area contributed by atoms with Gasteiger partial charge in [0, 0.05) is 0 Å². The molecule has 0 aliphatic rings. The molecule has 0 bridgehead atoms. The number of hydrogen-bond acceptors (Lipinski definition) is 2. The number of aromatic hydroxyl groups is 1. The lowest BCUT2D eigenvalue weighted by Crippen LogP contribution is -1.88. The number of methoxy groups -OCH3 is 1. The Morgan fingerprint density at radius 1 is 1.55 bits per heavy atom. The zero-order chi connectivity index (χ0) is 8.27. The Hall–Kier alpha value is -1.22. The first-order chi connectivity index (χ1) is 5.29. The maximum Gasteiger partial charge on any atom is 0.173 e. The zero-order valence-electron chi connectivity index (χ0n) is 6.29. The number of benzene rings is 1. The van der Waals surface area contributed by atoms with Crippen LogP contribution in [-0.4, -0.2) is 17.3 Å². The molecule has 1 rings (SSSR count). The lowest BCUT2D eigenvalue weighted by atomic mass is 10.2. The highest BCUT2D eigenvalue weighted by molar-refractivity contribution is 5.44. The largest absolute Gasteiger partial charge is 0.504 e. The van der Waals surface area contributed by atoms with Crippen LogP contribution in [0.25, 0.3) is 0 Å². The fourth-order valence-electron chi connectivity index (χ4n) is 0.875. The highest BCUT2D eigenvalue weighted by Gasteiger charge is 2.06. The van der Waals surface area contributed by atoms with E-state index in [-0.39, 0.29) is 12.4 Å². The van der Waals surface area contributed by atoms with E-state index < -0.39 is 0 Å². The molecule has 0 aliphatic carbocycles. The summed E-state index contributed by atoms with van der Waals surface area (Å²) >= 11 is 0. The molecule has 11 heavy (non-hydrogen) atoms. The summed E-state index contributed by atoms with van der Waals surface area (Å²) in [5.41, 5.74) is 0.587. The summed E-state index contributed by atoms with van der Waals surface area (Å²) in [6, 6.07) is 5.11. The monoisotopic (exact) mass is 155 g/mol. The van der Waals surface area contributed by atoms with Crippen LogP contribution in [-0.2, 0) is 6.61 Å². The van der Waals surface area contributed by atoms with Gasteiger partial charge in [-0.05, 0) is 12.1 Å². The van der Waals surface area contributed by atoms with E-state index in [1.807, 2.05) is 0 Å². The SMILES string of the molecule is COc1cccc(C[OH2+])c1O. The first-order valence-corrected chi connectivity index (χ1v) is 3.29. The van der Waals surface area contributed by atoms with Gasteiger partial charge in [-0.2, -0.15) is 0 Å². The van der Waals surface area contributed by atoms with Gasteiger partial charge in [0.25, 0.3) is 0 Å². The van der Waals surface area contributed by atoms with Gasteiger partial charge in [-0.25, -0.2) is 0 Å². The third-order valence-electron chi connectivity index (χ3n) is 1.49. The van der Waals surface area contributed by atoms with Crippen LogP contribution in [0.2, 0.25) is 0 Å². The molecule has 0 atom stereocenters. The van der Waals surface area contributed by atoms with E-state index in [0.29, 0.717) is 11.3 Å². The van der Waals surface area contributed by atoms with E-state index in [2.05, 4.69) is 0 Å². The number of rotatable bonds is 2. The standard InChI is InChI=1S/C8H10O3/c1-11-7-4-2-3-6(5-9)8(7)10/h2-4,9-10H,5H2,1H3/p+1. The van der Waals surface area contributed by atoms with E-state index in [4.69, 9.17) is 9.84 Å². The smallest absolute Gasteiger partial charge is 0.173 e. The van der Waals surface area contributed by atoms with Crippen molar-refractivity contribution in [1.82, 2.24) is 0 Å². The number of phenols is 1. The van der Waals surface area contributed by atoms with Crippen molar-refractivity contribution in [3.05, 3.63) is 23.8 Å². The molecule has 0 fully saturated rings. The summed E-state index contributed by atoms with van der Waals surface area (Å²) in [6.07, 6.45) is 0. The third kappa shape index (κ3) is 1.43. The molecule has 1 aromatic carbocycles. The molecule has 0 amide bonds. The molecule has 0 saturated heterocycles. The Kier molecular flexibility index (Phi) is 2.33. The van der Waals surface area contributed by atoms with Gasteiger partial charge in [0.15, 0.2) is 18.1 Å². The second-order valence-corrected chi connectivity index (χ2v) is 2.14. The molecule has 3 N–H and O–H groups in total. The first kappa shape index (κ1) is 7.88. The molecule has 3 nitrogen and oxygen atoms in total. The molecule has 1 aromatic rings. The fourth-order valence-corrected chi connectivity index (χ4v) is 0.875. The van der Waals surface area contributed by atoms with Crippen LogP contribution in [0.5, 0.6) is 11.5 Å².